The van der Waals surface area contributed by atoms with Gasteiger partial charge in [0, 0.05) is 29.8 Å². The van der Waals surface area contributed by atoms with E-state index >= 15 is 0 Å². The Kier molecular flexibility index (Phi) is 6.13. The van der Waals surface area contributed by atoms with Gasteiger partial charge in [-0.25, -0.2) is 9.59 Å². The van der Waals surface area contributed by atoms with Crippen molar-refractivity contribution < 1.29 is 33.7 Å². The topological polar surface area (TPSA) is 115 Å². The molecule has 1 N–H and O–H groups in total. The maximum Gasteiger partial charge on any atom is 0.511 e. The predicted octanol–water partition coefficient (Wildman–Crippen LogP) is 2.11. The van der Waals surface area contributed by atoms with Gasteiger partial charge in [-0.15, -0.1) is 0 Å². The normalized spacial score (nSPS) is 22.7. The van der Waals surface area contributed by atoms with Crippen molar-refractivity contribution in [2.75, 3.05) is 0 Å². The highest BCUT2D eigenvalue weighted by Gasteiger charge is 2.58. The second-order valence-electron chi connectivity index (χ2n) is 6.91. The van der Waals surface area contributed by atoms with Gasteiger partial charge in [-0.05, 0) is 26.8 Å². The molecule has 1 saturated heterocycles. The number of nitrogens with zero attached hydrogens (tertiary/aromatic N) is 2. The molecule has 0 spiro atoms. The van der Waals surface area contributed by atoms with Crippen molar-refractivity contribution >= 4 is 34.7 Å². The molecule has 0 aliphatic carbocycles. The summed E-state index contributed by atoms with van der Waals surface area (Å²) < 4.78 is 15.0. The van der Waals surface area contributed by atoms with E-state index in [2.05, 4.69) is 4.98 Å². The van der Waals surface area contributed by atoms with E-state index in [0.29, 0.717) is 10.5 Å². The van der Waals surface area contributed by atoms with Crippen molar-refractivity contribution in [3.63, 3.8) is 0 Å². The first-order valence-corrected chi connectivity index (χ1v) is 9.99. The molecule has 29 heavy (non-hydrogen) atoms. The van der Waals surface area contributed by atoms with Crippen LogP contribution < -0.4 is 0 Å². The van der Waals surface area contributed by atoms with Gasteiger partial charge in [0.05, 0.1) is 18.1 Å². The van der Waals surface area contributed by atoms with Gasteiger partial charge in [-0.1, -0.05) is 17.8 Å². The second kappa shape index (κ2) is 8.42. The summed E-state index contributed by atoms with van der Waals surface area (Å²) in [6, 6.07) is 3.47. The Morgan fingerprint density at radius 1 is 1.21 bits per heavy atom. The number of aliphatic hydroxyl groups is 1. The minimum atomic E-state index is -1.22. The highest BCUT2D eigenvalue weighted by molar-refractivity contribution is 8.09. The number of pyridine rings is 1. The number of hydrogen-bond acceptors (Lipinski definition) is 9. The van der Waals surface area contributed by atoms with Crippen LogP contribution in [-0.2, 0) is 23.8 Å². The molecular formula is C19H22N2O7S. The summed E-state index contributed by atoms with van der Waals surface area (Å²) in [6.07, 6.45) is -0.248. The molecule has 0 bridgehead atoms. The number of aromatic nitrogens is 1. The van der Waals surface area contributed by atoms with Crippen molar-refractivity contribution in [2.24, 2.45) is 5.92 Å². The number of amides is 1. The minimum absolute atomic E-state index is 0.0441. The lowest BCUT2D eigenvalue weighted by Crippen LogP contribution is -2.60. The van der Waals surface area contributed by atoms with Crippen LogP contribution >= 0.6 is 11.8 Å². The third-order valence-electron chi connectivity index (χ3n) is 4.28. The lowest BCUT2D eigenvalue weighted by molar-refractivity contribution is -0.171. The van der Waals surface area contributed by atoms with Crippen molar-refractivity contribution in [3.8, 4) is 0 Å². The van der Waals surface area contributed by atoms with E-state index < -0.39 is 35.8 Å². The van der Waals surface area contributed by atoms with Gasteiger partial charge in [0.1, 0.15) is 11.1 Å². The van der Waals surface area contributed by atoms with E-state index in [0.717, 1.165) is 0 Å². The third kappa shape index (κ3) is 4.23. The van der Waals surface area contributed by atoms with Crippen LogP contribution in [0.1, 0.15) is 33.3 Å². The number of carbonyl (C=O) groups excluding carboxylic acids is 3. The van der Waals surface area contributed by atoms with Crippen LogP contribution in [-0.4, -0.2) is 56.9 Å². The van der Waals surface area contributed by atoms with Crippen LogP contribution in [0.3, 0.4) is 0 Å². The van der Waals surface area contributed by atoms with Gasteiger partial charge in [0.15, 0.2) is 0 Å². The smallest absolute Gasteiger partial charge is 0.431 e. The fourth-order valence-electron chi connectivity index (χ4n) is 3.06. The number of ether oxygens (including phenoxy) is 3. The summed E-state index contributed by atoms with van der Waals surface area (Å²) in [7, 11) is 0. The maximum atomic E-state index is 12.9. The maximum absolute atomic E-state index is 12.9. The number of carbonyl (C=O) groups is 3. The summed E-state index contributed by atoms with van der Waals surface area (Å²) in [5, 5.41) is 9.49. The Morgan fingerprint density at radius 2 is 1.93 bits per heavy atom. The molecule has 1 fully saturated rings. The molecule has 1 aromatic heterocycles. The molecule has 2 aliphatic rings. The van der Waals surface area contributed by atoms with Crippen molar-refractivity contribution in [1.29, 1.82) is 0 Å². The number of β-lactam (4-membered cyclic amide) rings is 1. The Bertz CT molecular complexity index is 840. The second-order valence-corrected chi connectivity index (χ2v) is 8.04. The zero-order chi connectivity index (χ0) is 21.3. The van der Waals surface area contributed by atoms with Crippen LogP contribution in [0.5, 0.6) is 0 Å². The average Bonchev–Trinajstić information content (AvgIpc) is 2.96. The van der Waals surface area contributed by atoms with E-state index in [1.165, 1.54) is 30.5 Å². The van der Waals surface area contributed by atoms with Gasteiger partial charge in [-0.3, -0.25) is 14.7 Å². The third-order valence-corrected chi connectivity index (χ3v) is 5.69. The van der Waals surface area contributed by atoms with E-state index in [9.17, 15) is 19.5 Å². The summed E-state index contributed by atoms with van der Waals surface area (Å²) in [4.78, 5) is 42.9. The molecule has 1 unspecified atom stereocenters. The van der Waals surface area contributed by atoms with Gasteiger partial charge in [0.25, 0.3) is 0 Å². The number of hydrogen-bond donors (Lipinski definition) is 1. The van der Waals surface area contributed by atoms with Crippen LogP contribution in [0.4, 0.5) is 4.79 Å². The molecule has 4 atom stereocenters. The van der Waals surface area contributed by atoms with Crippen LogP contribution in [0.25, 0.3) is 4.91 Å². The van der Waals surface area contributed by atoms with Gasteiger partial charge in [-0.2, -0.15) is 0 Å². The average molecular weight is 422 g/mol. The highest BCUT2D eigenvalue weighted by Crippen LogP contribution is 2.53. The number of aliphatic hydroxyl groups excluding tert-OH is 1. The molecule has 156 valence electrons. The predicted molar refractivity (Wildman–Crippen MR) is 103 cm³/mol. The van der Waals surface area contributed by atoms with E-state index in [1.54, 1.807) is 38.4 Å². The van der Waals surface area contributed by atoms with E-state index in [1.807, 2.05) is 0 Å². The van der Waals surface area contributed by atoms with Crippen molar-refractivity contribution in [1.82, 2.24) is 9.88 Å². The Hall–Kier alpha value is -2.59. The Labute approximate surface area is 172 Å². The fraction of sp³-hybridized carbons (Fsp3) is 0.474. The minimum Gasteiger partial charge on any atom is -0.431 e. The lowest BCUT2D eigenvalue weighted by Gasteiger charge is -2.43. The highest BCUT2D eigenvalue weighted by atomic mass is 32.2. The summed E-state index contributed by atoms with van der Waals surface area (Å²) in [6.45, 7) is 6.23. The Balaban J connectivity index is 1.82. The molecule has 1 aromatic rings. The molecule has 0 saturated carbocycles. The first kappa shape index (κ1) is 21.1. The molecule has 9 nitrogen and oxygen atoms in total. The first-order chi connectivity index (χ1) is 13.7. The van der Waals surface area contributed by atoms with Crippen LogP contribution in [0, 0.1) is 5.92 Å². The zero-order valence-electron chi connectivity index (χ0n) is 16.4. The Morgan fingerprint density at radius 3 is 2.52 bits per heavy atom. The molecule has 3 heterocycles. The fourth-order valence-corrected chi connectivity index (χ4v) is 4.66. The molecule has 0 radical (unpaired) electrons. The molecule has 3 rings (SSSR count). The number of rotatable bonds is 6. The van der Waals surface area contributed by atoms with Gasteiger partial charge in [0.2, 0.25) is 12.2 Å². The van der Waals surface area contributed by atoms with Gasteiger partial charge < -0.3 is 19.3 Å². The molecular weight excluding hydrogens is 400 g/mol. The monoisotopic (exact) mass is 422 g/mol. The molecule has 0 aromatic carbocycles. The standard InChI is InChI=1S/C19H22N2O7S/c1-9(2)26-19(25)28-11(4)27-18(24)14-15(12-6-5-7-20-8-12)29-17-13(10(3)22)16(23)21(14)17/h5-11,13,17,22H,1-4H3/t10-,11?,13+,17-/m1/s1. The lowest BCUT2D eigenvalue weighted by atomic mass is 9.92. The largest absolute Gasteiger partial charge is 0.511 e. The molecule has 2 aliphatic heterocycles. The van der Waals surface area contributed by atoms with Gasteiger partial charge >= 0.3 is 12.1 Å². The number of fused-ring (bicyclic) bond motifs is 1. The van der Waals surface area contributed by atoms with E-state index in [4.69, 9.17) is 14.2 Å². The zero-order valence-corrected chi connectivity index (χ0v) is 17.2. The summed E-state index contributed by atoms with van der Waals surface area (Å²) in [5.74, 6) is -1.80. The summed E-state index contributed by atoms with van der Waals surface area (Å²) >= 11 is 1.29. The number of thioether (sulfide) groups is 1. The first-order valence-electron chi connectivity index (χ1n) is 9.11. The van der Waals surface area contributed by atoms with Crippen LogP contribution in [0.15, 0.2) is 30.2 Å². The molecule has 10 heteroatoms. The van der Waals surface area contributed by atoms with Crippen LogP contribution in [0.2, 0.25) is 0 Å². The van der Waals surface area contributed by atoms with E-state index in [-0.39, 0.29) is 17.7 Å². The van der Waals surface area contributed by atoms with Crippen molar-refractivity contribution in [3.05, 3.63) is 35.8 Å². The molecule has 1 amide bonds. The quantitative estimate of drug-likeness (QED) is 0.418. The summed E-state index contributed by atoms with van der Waals surface area (Å²) in [5.41, 5.74) is 0.686. The van der Waals surface area contributed by atoms with Crippen molar-refractivity contribution in [2.45, 2.75) is 51.6 Å². The SMILES string of the molecule is CC(C)OC(=O)OC(C)OC(=O)C1=C(c2cccnc2)S[C@@H]2[C@@H]([C@@H](C)O)C(=O)N12. The number of esters is 1.